The molecule has 0 saturated carbocycles. The van der Waals surface area contributed by atoms with Crippen molar-refractivity contribution in [2.24, 2.45) is 0 Å². The van der Waals surface area contributed by atoms with Gasteiger partial charge in [-0.3, -0.25) is 9.48 Å². The molecule has 0 unspecified atom stereocenters. The van der Waals surface area contributed by atoms with Gasteiger partial charge in [-0.05, 0) is 0 Å². The predicted molar refractivity (Wildman–Crippen MR) is 39.3 cm³/mol. The minimum atomic E-state index is -0.882. The minimum Gasteiger partial charge on any atom is -0.481 e. The third-order valence-corrected chi connectivity index (χ3v) is 1.40. The third kappa shape index (κ3) is 2.34. The van der Waals surface area contributed by atoms with Crippen LogP contribution in [0.2, 0.25) is 0 Å². The molecule has 0 aliphatic carbocycles. The van der Waals surface area contributed by atoms with E-state index in [1.807, 2.05) is 0 Å². The Morgan fingerprint density at radius 1 is 1.75 bits per heavy atom. The maximum Gasteiger partial charge on any atom is 0.305 e. The van der Waals surface area contributed by atoms with Gasteiger partial charge in [0.05, 0.1) is 19.2 Å². The number of halogens is 1. The number of aliphatic carboxylic acids is 1. The van der Waals surface area contributed by atoms with E-state index >= 15 is 0 Å². The Balaban J connectivity index is 2.47. The van der Waals surface area contributed by atoms with E-state index < -0.39 is 12.6 Å². The fourth-order valence-electron chi connectivity index (χ4n) is 0.808. The summed E-state index contributed by atoms with van der Waals surface area (Å²) in [5, 5.41) is 12.1. The fourth-order valence-corrected chi connectivity index (χ4v) is 0.808. The monoisotopic (exact) mass is 172 g/mol. The number of carboxylic acids is 1. The van der Waals surface area contributed by atoms with Gasteiger partial charge in [-0.1, -0.05) is 0 Å². The molecule has 0 aliphatic rings. The van der Waals surface area contributed by atoms with E-state index in [1.54, 1.807) is 0 Å². The lowest BCUT2D eigenvalue weighted by Crippen LogP contribution is -2.04. The average Bonchev–Trinajstić information content (AvgIpc) is 2.48. The van der Waals surface area contributed by atoms with Gasteiger partial charge in [0.15, 0.2) is 0 Å². The minimum absolute atomic E-state index is 0.00735. The van der Waals surface area contributed by atoms with E-state index in [9.17, 15) is 9.18 Å². The van der Waals surface area contributed by atoms with Crippen molar-refractivity contribution < 1.29 is 14.3 Å². The molecule has 66 valence electrons. The maximum atomic E-state index is 12.0. The van der Waals surface area contributed by atoms with E-state index in [-0.39, 0.29) is 13.0 Å². The number of aromatic nitrogens is 2. The van der Waals surface area contributed by atoms with Gasteiger partial charge >= 0.3 is 5.97 Å². The molecule has 1 aromatic rings. The second kappa shape index (κ2) is 3.85. The van der Waals surface area contributed by atoms with Crippen molar-refractivity contribution in [2.75, 3.05) is 0 Å². The molecule has 0 aromatic carbocycles. The first-order chi connectivity index (χ1) is 5.72. The molecule has 12 heavy (non-hydrogen) atoms. The van der Waals surface area contributed by atoms with Crippen molar-refractivity contribution in [1.82, 2.24) is 9.78 Å². The van der Waals surface area contributed by atoms with Crippen LogP contribution < -0.4 is 0 Å². The lowest BCUT2D eigenvalue weighted by atomic mass is 10.4. The van der Waals surface area contributed by atoms with E-state index in [2.05, 4.69) is 5.10 Å². The smallest absolute Gasteiger partial charge is 0.305 e. The van der Waals surface area contributed by atoms with E-state index in [0.29, 0.717) is 5.56 Å². The van der Waals surface area contributed by atoms with Gasteiger partial charge < -0.3 is 5.11 Å². The maximum absolute atomic E-state index is 12.0. The van der Waals surface area contributed by atoms with Gasteiger partial charge in [-0.15, -0.1) is 0 Å². The van der Waals surface area contributed by atoms with Gasteiger partial charge in [-0.2, -0.15) is 5.10 Å². The Morgan fingerprint density at radius 3 is 3.00 bits per heavy atom. The fraction of sp³-hybridized carbons (Fsp3) is 0.429. The van der Waals surface area contributed by atoms with Gasteiger partial charge in [-0.25, -0.2) is 4.39 Å². The highest BCUT2D eigenvalue weighted by Gasteiger charge is 2.00. The van der Waals surface area contributed by atoms with Crippen molar-refractivity contribution >= 4 is 5.97 Å². The summed E-state index contributed by atoms with van der Waals surface area (Å²) in [6.45, 7) is -0.275. The Labute approximate surface area is 68.6 Å². The Bertz CT molecular complexity index is 272. The van der Waals surface area contributed by atoms with Crippen molar-refractivity contribution in [3.63, 3.8) is 0 Å². The van der Waals surface area contributed by atoms with Gasteiger partial charge in [0, 0.05) is 11.8 Å². The van der Waals surface area contributed by atoms with Gasteiger partial charge in [0.1, 0.15) is 6.67 Å². The van der Waals surface area contributed by atoms with Crippen LogP contribution in [0.15, 0.2) is 12.4 Å². The van der Waals surface area contributed by atoms with Gasteiger partial charge in [0.2, 0.25) is 0 Å². The van der Waals surface area contributed by atoms with Crippen LogP contribution in [0.3, 0.4) is 0 Å². The molecule has 4 nitrogen and oxygen atoms in total. The first-order valence-corrected chi connectivity index (χ1v) is 3.51. The molecule has 1 N–H and O–H groups in total. The van der Waals surface area contributed by atoms with Crippen LogP contribution in [-0.2, 0) is 18.0 Å². The number of rotatable bonds is 4. The van der Waals surface area contributed by atoms with Crippen molar-refractivity contribution in [3.05, 3.63) is 18.0 Å². The molecule has 0 spiro atoms. The quantitative estimate of drug-likeness (QED) is 0.731. The summed E-state index contributed by atoms with van der Waals surface area (Å²) in [4.78, 5) is 10.1. The Morgan fingerprint density at radius 2 is 2.50 bits per heavy atom. The van der Waals surface area contributed by atoms with Crippen LogP contribution in [0.4, 0.5) is 4.39 Å². The SMILES string of the molecule is O=C(O)CCn1cc(CF)cn1. The molecule has 5 heteroatoms. The predicted octanol–water partition coefficient (Wildman–Crippen LogP) is 0.827. The third-order valence-electron chi connectivity index (χ3n) is 1.40. The van der Waals surface area contributed by atoms with E-state index in [1.165, 1.54) is 17.1 Å². The summed E-state index contributed by atoms with van der Waals surface area (Å²) in [6.07, 6.45) is 2.90. The largest absolute Gasteiger partial charge is 0.481 e. The second-order valence-electron chi connectivity index (χ2n) is 2.39. The molecule has 1 heterocycles. The Hall–Kier alpha value is -1.39. The first-order valence-electron chi connectivity index (χ1n) is 3.51. The normalized spacial score (nSPS) is 10.1. The zero-order valence-electron chi connectivity index (χ0n) is 6.40. The molecule has 0 saturated heterocycles. The number of alkyl halides is 1. The summed E-state index contributed by atoms with van der Waals surface area (Å²) in [7, 11) is 0. The summed E-state index contributed by atoms with van der Waals surface area (Å²) < 4.78 is 13.4. The van der Waals surface area contributed by atoms with E-state index in [0.717, 1.165) is 0 Å². The highest BCUT2D eigenvalue weighted by atomic mass is 19.1. The highest BCUT2D eigenvalue weighted by Crippen LogP contribution is 1.99. The lowest BCUT2D eigenvalue weighted by molar-refractivity contribution is -0.137. The van der Waals surface area contributed by atoms with Crippen LogP contribution >= 0.6 is 0 Å². The zero-order chi connectivity index (χ0) is 8.97. The molecule has 1 rings (SSSR count). The topological polar surface area (TPSA) is 55.1 Å². The van der Waals surface area contributed by atoms with Crippen LogP contribution in [-0.4, -0.2) is 20.9 Å². The summed E-state index contributed by atoms with van der Waals surface area (Å²) in [6, 6.07) is 0. The molecule has 0 amide bonds. The molecular weight excluding hydrogens is 163 g/mol. The van der Waals surface area contributed by atoms with Gasteiger partial charge in [0.25, 0.3) is 0 Å². The van der Waals surface area contributed by atoms with Crippen molar-refractivity contribution in [1.29, 1.82) is 0 Å². The standard InChI is InChI=1S/C7H9FN2O2/c8-3-6-4-9-10(5-6)2-1-7(11)12/h4-5H,1-3H2,(H,11,12). The number of nitrogens with zero attached hydrogens (tertiary/aromatic N) is 2. The average molecular weight is 172 g/mol. The zero-order valence-corrected chi connectivity index (χ0v) is 6.40. The van der Waals surface area contributed by atoms with Crippen LogP contribution in [0.25, 0.3) is 0 Å². The highest BCUT2D eigenvalue weighted by molar-refractivity contribution is 5.66. The molecule has 1 aromatic heterocycles. The molecule has 0 aliphatic heterocycles. The number of carboxylic acid groups (broad SMARTS) is 1. The summed E-state index contributed by atoms with van der Waals surface area (Å²) in [5.74, 6) is -0.882. The van der Waals surface area contributed by atoms with Crippen LogP contribution in [0.5, 0.6) is 0 Å². The molecular formula is C7H9FN2O2. The molecule has 0 atom stereocenters. The van der Waals surface area contributed by atoms with Crippen LogP contribution in [0, 0.1) is 0 Å². The number of hydrogen-bond acceptors (Lipinski definition) is 2. The number of carbonyl (C=O) groups is 1. The summed E-state index contributed by atoms with van der Waals surface area (Å²) in [5.41, 5.74) is 0.473. The van der Waals surface area contributed by atoms with Crippen molar-refractivity contribution in [2.45, 2.75) is 19.6 Å². The first kappa shape index (κ1) is 8.70. The molecule has 0 fully saturated rings. The van der Waals surface area contributed by atoms with E-state index in [4.69, 9.17) is 5.11 Å². The number of aryl methyl sites for hydroxylation is 1. The second-order valence-corrected chi connectivity index (χ2v) is 2.39. The lowest BCUT2D eigenvalue weighted by Gasteiger charge is -1.95. The van der Waals surface area contributed by atoms with Crippen LogP contribution in [0.1, 0.15) is 12.0 Å². The Kier molecular flexibility index (Phi) is 2.79. The number of hydrogen-bond donors (Lipinski definition) is 1. The molecule has 0 radical (unpaired) electrons. The van der Waals surface area contributed by atoms with Crippen molar-refractivity contribution in [3.8, 4) is 0 Å². The summed E-state index contributed by atoms with van der Waals surface area (Å²) >= 11 is 0. The molecule has 0 bridgehead atoms.